The van der Waals surface area contributed by atoms with Crippen molar-refractivity contribution in [1.82, 2.24) is 0 Å². The molecular formula is C14H12ClN. The fraction of sp³-hybridized carbons (Fsp3) is 0. The third-order valence-electron chi connectivity index (χ3n) is 2.30. The summed E-state index contributed by atoms with van der Waals surface area (Å²) in [5, 5.41) is 0.732. The van der Waals surface area contributed by atoms with E-state index in [9.17, 15) is 0 Å². The van der Waals surface area contributed by atoms with Crippen LogP contribution in [0.4, 0.5) is 0 Å². The molecule has 0 unspecified atom stereocenters. The third-order valence-corrected chi connectivity index (χ3v) is 2.55. The lowest BCUT2D eigenvalue weighted by Gasteiger charge is -2.01. The molecular weight excluding hydrogens is 218 g/mol. The molecule has 80 valence electrons. The van der Waals surface area contributed by atoms with Gasteiger partial charge in [0, 0.05) is 10.7 Å². The first-order valence-electron chi connectivity index (χ1n) is 5.04. The average Bonchev–Trinajstić information content (AvgIpc) is 2.33. The van der Waals surface area contributed by atoms with Crippen molar-refractivity contribution >= 4 is 23.4 Å². The van der Waals surface area contributed by atoms with E-state index in [2.05, 4.69) is 0 Å². The van der Waals surface area contributed by atoms with Crippen molar-refractivity contribution in [2.75, 3.05) is 0 Å². The molecule has 2 aromatic rings. The summed E-state index contributed by atoms with van der Waals surface area (Å²) in [5.74, 6) is 0. The summed E-state index contributed by atoms with van der Waals surface area (Å²) in [6.45, 7) is 0. The molecule has 0 spiro atoms. The Labute approximate surface area is 100 Å². The largest absolute Gasteiger partial charge is 0.398 e. The fourth-order valence-corrected chi connectivity index (χ4v) is 1.58. The zero-order chi connectivity index (χ0) is 11.4. The van der Waals surface area contributed by atoms with Crippen LogP contribution in [-0.4, -0.2) is 0 Å². The molecule has 0 amide bonds. The van der Waals surface area contributed by atoms with Crippen LogP contribution in [0.5, 0.6) is 0 Å². The Morgan fingerprint density at radius 2 is 1.56 bits per heavy atom. The molecule has 2 rings (SSSR count). The number of hydrogen-bond donors (Lipinski definition) is 1. The van der Waals surface area contributed by atoms with E-state index in [0.717, 1.165) is 21.8 Å². The topological polar surface area (TPSA) is 26.0 Å². The predicted molar refractivity (Wildman–Crippen MR) is 70.0 cm³/mol. The Bertz CT molecular complexity index is 486. The molecule has 0 aliphatic heterocycles. The van der Waals surface area contributed by atoms with E-state index in [0.29, 0.717) is 0 Å². The fourth-order valence-electron chi connectivity index (χ4n) is 1.45. The highest BCUT2D eigenvalue weighted by Crippen LogP contribution is 2.15. The number of rotatable bonds is 2. The summed E-state index contributed by atoms with van der Waals surface area (Å²) in [7, 11) is 0. The smallest absolute Gasteiger partial charge is 0.0406 e. The Morgan fingerprint density at radius 1 is 0.938 bits per heavy atom. The molecule has 2 N–H and O–H groups in total. The molecule has 0 atom stereocenters. The highest BCUT2D eigenvalue weighted by molar-refractivity contribution is 6.30. The van der Waals surface area contributed by atoms with Gasteiger partial charge >= 0.3 is 0 Å². The molecule has 0 heterocycles. The van der Waals surface area contributed by atoms with Gasteiger partial charge < -0.3 is 5.73 Å². The molecule has 0 bridgehead atoms. The van der Waals surface area contributed by atoms with Gasteiger partial charge in [-0.3, -0.25) is 0 Å². The van der Waals surface area contributed by atoms with E-state index in [4.69, 9.17) is 17.3 Å². The molecule has 0 fully saturated rings. The van der Waals surface area contributed by atoms with Gasteiger partial charge in [-0.15, -0.1) is 0 Å². The Balaban J connectivity index is 2.28. The molecule has 0 saturated carbocycles. The van der Waals surface area contributed by atoms with Crippen molar-refractivity contribution < 1.29 is 0 Å². The monoisotopic (exact) mass is 229 g/mol. The highest BCUT2D eigenvalue weighted by Gasteiger charge is 1.95. The predicted octanol–water partition coefficient (Wildman–Crippen LogP) is 3.80. The second-order valence-electron chi connectivity index (χ2n) is 3.52. The summed E-state index contributed by atoms with van der Waals surface area (Å²) in [4.78, 5) is 0. The first kappa shape index (κ1) is 10.8. The van der Waals surface area contributed by atoms with Crippen molar-refractivity contribution in [2.24, 2.45) is 5.73 Å². The number of hydrogen-bond acceptors (Lipinski definition) is 1. The van der Waals surface area contributed by atoms with Gasteiger partial charge in [0.15, 0.2) is 0 Å². The van der Waals surface area contributed by atoms with Crippen molar-refractivity contribution in [1.29, 1.82) is 0 Å². The van der Waals surface area contributed by atoms with Crippen molar-refractivity contribution in [3.63, 3.8) is 0 Å². The molecule has 16 heavy (non-hydrogen) atoms. The van der Waals surface area contributed by atoms with Crippen LogP contribution in [0.2, 0.25) is 5.02 Å². The van der Waals surface area contributed by atoms with E-state index < -0.39 is 0 Å². The molecule has 1 nitrogen and oxygen atoms in total. The molecule has 0 aliphatic rings. The Morgan fingerprint density at radius 3 is 2.19 bits per heavy atom. The van der Waals surface area contributed by atoms with Crippen molar-refractivity contribution in [3.05, 3.63) is 70.7 Å². The number of nitrogens with two attached hydrogens (primary N) is 1. The third kappa shape index (κ3) is 2.65. The van der Waals surface area contributed by atoms with Crippen LogP contribution < -0.4 is 5.73 Å². The maximum absolute atomic E-state index is 5.99. The summed E-state index contributed by atoms with van der Waals surface area (Å²) in [6, 6.07) is 17.5. The van der Waals surface area contributed by atoms with Crippen LogP contribution in [0, 0.1) is 0 Å². The molecule has 0 saturated heterocycles. The van der Waals surface area contributed by atoms with Crippen LogP contribution >= 0.6 is 11.6 Å². The second-order valence-corrected chi connectivity index (χ2v) is 3.95. The van der Waals surface area contributed by atoms with Crippen LogP contribution in [0.15, 0.2) is 54.6 Å². The van der Waals surface area contributed by atoms with E-state index >= 15 is 0 Å². The number of benzene rings is 2. The van der Waals surface area contributed by atoms with Crippen LogP contribution in [0.25, 0.3) is 11.8 Å². The lowest BCUT2D eigenvalue weighted by Crippen LogP contribution is -1.95. The lowest BCUT2D eigenvalue weighted by molar-refractivity contribution is 1.53. The van der Waals surface area contributed by atoms with E-state index in [1.807, 2.05) is 60.7 Å². The van der Waals surface area contributed by atoms with Crippen molar-refractivity contribution in [3.8, 4) is 0 Å². The minimum Gasteiger partial charge on any atom is -0.398 e. The first-order valence-corrected chi connectivity index (χ1v) is 5.42. The van der Waals surface area contributed by atoms with Crippen molar-refractivity contribution in [2.45, 2.75) is 0 Å². The SMILES string of the molecule is NC(=Cc1ccc(Cl)cc1)c1ccccc1. The quantitative estimate of drug-likeness (QED) is 0.779. The van der Waals surface area contributed by atoms with E-state index in [-0.39, 0.29) is 0 Å². The molecule has 0 aromatic heterocycles. The van der Waals surface area contributed by atoms with Gasteiger partial charge in [0.2, 0.25) is 0 Å². The highest BCUT2D eigenvalue weighted by atomic mass is 35.5. The van der Waals surface area contributed by atoms with Gasteiger partial charge in [0.25, 0.3) is 0 Å². The minimum atomic E-state index is 0.732. The van der Waals surface area contributed by atoms with Gasteiger partial charge in [-0.1, -0.05) is 54.1 Å². The summed E-state index contributed by atoms with van der Waals surface area (Å²) < 4.78 is 0. The summed E-state index contributed by atoms with van der Waals surface area (Å²) >= 11 is 5.81. The lowest BCUT2D eigenvalue weighted by atomic mass is 10.1. The minimum absolute atomic E-state index is 0.732. The maximum atomic E-state index is 5.99. The van der Waals surface area contributed by atoms with Crippen LogP contribution in [0.3, 0.4) is 0 Å². The average molecular weight is 230 g/mol. The molecule has 0 radical (unpaired) electrons. The summed E-state index contributed by atoms with van der Waals surface area (Å²) in [5.41, 5.74) is 8.82. The zero-order valence-electron chi connectivity index (χ0n) is 8.73. The normalized spacial score (nSPS) is 11.4. The van der Waals surface area contributed by atoms with E-state index in [1.165, 1.54) is 0 Å². The molecule has 2 heteroatoms. The maximum Gasteiger partial charge on any atom is 0.0406 e. The van der Waals surface area contributed by atoms with Gasteiger partial charge in [0.1, 0.15) is 0 Å². The molecule has 0 aliphatic carbocycles. The second kappa shape index (κ2) is 4.86. The summed E-state index contributed by atoms with van der Waals surface area (Å²) in [6.07, 6.45) is 1.94. The van der Waals surface area contributed by atoms with Gasteiger partial charge in [-0.2, -0.15) is 0 Å². The Hall–Kier alpha value is -1.73. The van der Waals surface area contributed by atoms with E-state index in [1.54, 1.807) is 0 Å². The van der Waals surface area contributed by atoms with Gasteiger partial charge in [-0.05, 0) is 29.3 Å². The Kier molecular flexibility index (Phi) is 3.28. The number of halogens is 1. The molecule has 2 aromatic carbocycles. The van der Waals surface area contributed by atoms with Gasteiger partial charge in [0.05, 0.1) is 0 Å². The standard InChI is InChI=1S/C14H12ClN/c15-13-8-6-11(7-9-13)10-14(16)12-4-2-1-3-5-12/h1-10H,16H2. The van der Waals surface area contributed by atoms with Crippen LogP contribution in [-0.2, 0) is 0 Å². The van der Waals surface area contributed by atoms with Gasteiger partial charge in [-0.25, -0.2) is 0 Å². The first-order chi connectivity index (χ1) is 7.75. The van der Waals surface area contributed by atoms with Crippen LogP contribution in [0.1, 0.15) is 11.1 Å². The zero-order valence-corrected chi connectivity index (χ0v) is 9.48.